The number of benzene rings is 3. The molecule has 2 aromatic heterocycles. The van der Waals surface area contributed by atoms with Crippen LogP contribution in [-0.4, -0.2) is 18.8 Å². The van der Waals surface area contributed by atoms with Gasteiger partial charge in [-0.05, 0) is 161 Å². The van der Waals surface area contributed by atoms with E-state index in [0.29, 0.717) is 5.92 Å². The number of nitrogens with one attached hydrogen (secondary N) is 2. The van der Waals surface area contributed by atoms with E-state index >= 15 is 0 Å². The third kappa shape index (κ3) is 9.59. The molecule has 0 amide bonds. The molecule has 5 aromatic rings. The minimum absolute atomic E-state index is 0.00936. The standard InChI is InChI=1S/C61H77BN2OS/c1-14-22-44(59(8,9)17-4)37-46(16-3)63-51-31-40(7)32-52(64-50-27-21-28-53-57(50)47-33-41-24-18-19-25-42(41)35-54(47)65-53)58(51)62(45(15-2)26-20-23-39(5)6)56-36-43-34-48-49(38-55(43)66-56)61(12,13)30-29-60(48,10)11/h15-16,18-20,22,24-27,32-36,38-39,46,51,63-64H,3,14,17,21,23,28-31,37H2,1-2,4-13H3/b26-20-,44-22-,45-15+. The molecule has 0 radical (unpaired) electrons. The molecule has 0 bridgehead atoms. The van der Waals surface area contributed by atoms with Crippen molar-refractivity contribution in [3.8, 4) is 0 Å². The van der Waals surface area contributed by atoms with E-state index in [0.717, 1.165) is 62.0 Å². The molecule has 5 heteroatoms. The molecule has 8 rings (SSSR count). The van der Waals surface area contributed by atoms with Gasteiger partial charge in [-0.1, -0.05) is 147 Å². The van der Waals surface area contributed by atoms with Gasteiger partial charge in [0.15, 0.2) is 0 Å². The summed E-state index contributed by atoms with van der Waals surface area (Å²) in [6.07, 6.45) is 26.0. The van der Waals surface area contributed by atoms with Crippen molar-refractivity contribution in [1.29, 1.82) is 0 Å². The number of allylic oxidation sites excluding steroid dienone is 7. The zero-order valence-corrected chi connectivity index (χ0v) is 43.3. The molecule has 2 unspecified atom stereocenters. The number of furan rings is 1. The molecule has 2 N–H and O–H groups in total. The number of aryl methyl sites for hydroxylation is 1. The molecule has 0 fully saturated rings. The van der Waals surface area contributed by atoms with Crippen molar-refractivity contribution in [3.05, 3.63) is 154 Å². The summed E-state index contributed by atoms with van der Waals surface area (Å²) in [7, 11) is 0. The van der Waals surface area contributed by atoms with Gasteiger partial charge in [-0.15, -0.1) is 17.9 Å². The molecule has 346 valence electrons. The molecule has 3 aromatic carbocycles. The van der Waals surface area contributed by atoms with Gasteiger partial charge in [0.25, 0.3) is 6.71 Å². The van der Waals surface area contributed by atoms with Crippen LogP contribution in [0.2, 0.25) is 0 Å². The summed E-state index contributed by atoms with van der Waals surface area (Å²) < 4.78 is 9.52. The number of hydrogen-bond donors (Lipinski definition) is 2. The summed E-state index contributed by atoms with van der Waals surface area (Å²) in [5, 5.41) is 13.5. The van der Waals surface area contributed by atoms with Crippen molar-refractivity contribution in [1.82, 2.24) is 10.6 Å². The number of thiophene rings is 1. The minimum Gasteiger partial charge on any atom is -0.460 e. The van der Waals surface area contributed by atoms with Crippen LogP contribution in [-0.2, 0) is 17.3 Å². The average Bonchev–Trinajstić information content (AvgIpc) is 3.87. The van der Waals surface area contributed by atoms with E-state index in [4.69, 9.17) is 4.42 Å². The average molecular weight is 897 g/mol. The fraction of sp³-hybridized carbons (Fsp3) is 0.443. The minimum atomic E-state index is 0.00936. The summed E-state index contributed by atoms with van der Waals surface area (Å²) in [5.74, 6) is 1.65. The van der Waals surface area contributed by atoms with Crippen LogP contribution in [0.1, 0.15) is 157 Å². The van der Waals surface area contributed by atoms with E-state index in [2.05, 4.69) is 197 Å². The summed E-state index contributed by atoms with van der Waals surface area (Å²) >= 11 is 2.00. The van der Waals surface area contributed by atoms with Gasteiger partial charge in [0, 0.05) is 45.5 Å². The van der Waals surface area contributed by atoms with Crippen LogP contribution in [0.25, 0.3) is 37.5 Å². The SMILES string of the molecule is C=CC(C/C(=C/CC)C(C)(C)CC)NC1CC(C)=CC(NC2=CCCc3oc4cc5ccccc5cc4c32)=C1B(C(/C=C\CC(C)C)=C/C)c1cc2cc3c(cc2s1)C(C)(C)CCC3(C)C. The highest BCUT2D eigenvalue weighted by atomic mass is 32.1. The maximum Gasteiger partial charge on any atom is 0.253 e. The third-order valence-corrected chi connectivity index (χ3v) is 16.7. The highest BCUT2D eigenvalue weighted by Gasteiger charge is 2.40. The summed E-state index contributed by atoms with van der Waals surface area (Å²) in [5.41, 5.74) is 13.5. The van der Waals surface area contributed by atoms with Gasteiger partial charge in [0.1, 0.15) is 11.3 Å². The van der Waals surface area contributed by atoms with E-state index in [-0.39, 0.29) is 35.0 Å². The lowest BCUT2D eigenvalue weighted by Gasteiger charge is -2.41. The Balaban J connectivity index is 1.34. The maximum atomic E-state index is 6.73. The zero-order chi connectivity index (χ0) is 47.1. The normalized spacial score (nSPS) is 19.4. The van der Waals surface area contributed by atoms with Crippen LogP contribution in [0.4, 0.5) is 0 Å². The highest BCUT2D eigenvalue weighted by molar-refractivity contribution is 7.30. The molecule has 3 aliphatic rings. The van der Waals surface area contributed by atoms with Gasteiger partial charge in [-0.2, -0.15) is 0 Å². The second kappa shape index (κ2) is 19.2. The van der Waals surface area contributed by atoms with E-state index < -0.39 is 0 Å². The van der Waals surface area contributed by atoms with E-state index in [1.165, 1.54) is 88.3 Å². The van der Waals surface area contributed by atoms with Gasteiger partial charge < -0.3 is 15.1 Å². The second-order valence-electron chi connectivity index (χ2n) is 22.2. The van der Waals surface area contributed by atoms with E-state index in [1.54, 1.807) is 0 Å². The number of hydrogen-bond acceptors (Lipinski definition) is 4. The van der Waals surface area contributed by atoms with Crippen LogP contribution >= 0.6 is 11.3 Å². The highest BCUT2D eigenvalue weighted by Crippen LogP contribution is 2.48. The first-order chi connectivity index (χ1) is 31.5. The first-order valence-corrected chi connectivity index (χ1v) is 26.1. The predicted molar refractivity (Wildman–Crippen MR) is 291 cm³/mol. The Hall–Kier alpha value is -4.58. The molecule has 3 aliphatic carbocycles. The van der Waals surface area contributed by atoms with Gasteiger partial charge >= 0.3 is 0 Å². The molecule has 0 spiro atoms. The largest absolute Gasteiger partial charge is 0.460 e. The molecule has 66 heavy (non-hydrogen) atoms. The van der Waals surface area contributed by atoms with Crippen LogP contribution in [0.3, 0.4) is 0 Å². The summed E-state index contributed by atoms with van der Waals surface area (Å²) in [6.45, 7) is 32.9. The first-order valence-electron chi connectivity index (χ1n) is 25.3. The van der Waals surface area contributed by atoms with Crippen LogP contribution < -0.4 is 15.4 Å². The van der Waals surface area contributed by atoms with Crippen molar-refractivity contribution in [2.75, 3.05) is 0 Å². The molecular weight excluding hydrogens is 820 g/mol. The molecular formula is C61H77BN2OS. The lowest BCUT2D eigenvalue weighted by atomic mass is 9.36. The molecule has 2 heterocycles. The van der Waals surface area contributed by atoms with Gasteiger partial charge in [0.05, 0.1) is 0 Å². The van der Waals surface area contributed by atoms with Crippen molar-refractivity contribution in [2.24, 2.45) is 11.3 Å². The van der Waals surface area contributed by atoms with E-state index in [9.17, 15) is 0 Å². The van der Waals surface area contributed by atoms with Crippen LogP contribution in [0, 0.1) is 11.3 Å². The fourth-order valence-corrected chi connectivity index (χ4v) is 12.3. The monoisotopic (exact) mass is 897 g/mol. The van der Waals surface area contributed by atoms with Crippen molar-refractivity contribution >= 4 is 60.4 Å². The molecule has 0 saturated heterocycles. The first kappa shape index (κ1) is 47.9. The van der Waals surface area contributed by atoms with Crippen molar-refractivity contribution < 1.29 is 4.42 Å². The number of fused-ring (bicyclic) bond motifs is 6. The Morgan fingerprint density at radius 1 is 0.985 bits per heavy atom. The summed E-state index contributed by atoms with van der Waals surface area (Å²) in [4.78, 5) is 0. The van der Waals surface area contributed by atoms with Gasteiger partial charge in [-0.25, -0.2) is 0 Å². The molecule has 0 aliphatic heterocycles. The molecule has 3 nitrogen and oxygen atoms in total. The Bertz CT molecular complexity index is 2770. The smallest absolute Gasteiger partial charge is 0.253 e. The topological polar surface area (TPSA) is 37.2 Å². The predicted octanol–water partition coefficient (Wildman–Crippen LogP) is 16.3. The lowest BCUT2D eigenvalue weighted by molar-refractivity contribution is 0.332. The Labute approximate surface area is 402 Å². The maximum absolute atomic E-state index is 6.73. The van der Waals surface area contributed by atoms with Crippen LogP contribution in [0.15, 0.2) is 136 Å². The van der Waals surface area contributed by atoms with Gasteiger partial charge in [-0.3, -0.25) is 0 Å². The Morgan fingerprint density at radius 2 is 1.70 bits per heavy atom. The van der Waals surface area contributed by atoms with Gasteiger partial charge in [0.2, 0.25) is 0 Å². The van der Waals surface area contributed by atoms with Crippen LogP contribution in [0.5, 0.6) is 0 Å². The fourth-order valence-electron chi connectivity index (χ4n) is 11.0. The van der Waals surface area contributed by atoms with Crippen molar-refractivity contribution in [2.45, 2.75) is 164 Å². The lowest BCUT2D eigenvalue weighted by Crippen LogP contribution is -2.49. The Morgan fingerprint density at radius 3 is 2.36 bits per heavy atom. The quantitative estimate of drug-likeness (QED) is 0.0589. The molecule has 0 saturated carbocycles. The number of rotatable bonds is 16. The Kier molecular flexibility index (Phi) is 13.9. The summed E-state index contributed by atoms with van der Waals surface area (Å²) in [6, 6.07) is 21.1. The van der Waals surface area contributed by atoms with E-state index in [1.807, 2.05) is 11.3 Å². The third-order valence-electron chi connectivity index (χ3n) is 15.5. The zero-order valence-electron chi connectivity index (χ0n) is 42.4. The molecule has 2 atom stereocenters. The van der Waals surface area contributed by atoms with Crippen molar-refractivity contribution in [3.63, 3.8) is 0 Å². The second-order valence-corrected chi connectivity index (χ2v) is 23.3.